The number of nitro groups is 1. The number of aliphatic hydroxyl groups excluding tert-OH is 1. The Hall–Kier alpha value is -1.66. The van der Waals surface area contributed by atoms with Gasteiger partial charge in [0.2, 0.25) is 0 Å². The van der Waals surface area contributed by atoms with Crippen LogP contribution in [0.5, 0.6) is 0 Å². The smallest absolute Gasteiger partial charge is 0.292 e. The van der Waals surface area contributed by atoms with Crippen molar-refractivity contribution in [1.29, 1.82) is 0 Å². The summed E-state index contributed by atoms with van der Waals surface area (Å²) in [6.07, 6.45) is 0.440. The van der Waals surface area contributed by atoms with Crippen molar-refractivity contribution in [3.63, 3.8) is 0 Å². The molecule has 1 heterocycles. The molecule has 20 heavy (non-hydrogen) atoms. The lowest BCUT2D eigenvalue weighted by molar-refractivity contribution is -0.384. The first-order chi connectivity index (χ1) is 9.30. The topological polar surface area (TPSA) is 86.8 Å². The highest BCUT2D eigenvalue weighted by molar-refractivity contribution is 5.64. The summed E-state index contributed by atoms with van der Waals surface area (Å²) in [6.45, 7) is 4.54. The average molecular weight is 280 g/mol. The van der Waals surface area contributed by atoms with Crippen molar-refractivity contribution in [3.05, 3.63) is 33.9 Å². The van der Waals surface area contributed by atoms with Gasteiger partial charge >= 0.3 is 0 Å². The summed E-state index contributed by atoms with van der Waals surface area (Å²) in [7, 11) is 0. The van der Waals surface area contributed by atoms with Gasteiger partial charge in [0.25, 0.3) is 5.69 Å². The van der Waals surface area contributed by atoms with Crippen LogP contribution in [-0.4, -0.2) is 33.8 Å². The molecule has 1 aromatic carbocycles. The minimum Gasteiger partial charge on any atom is -0.390 e. The fourth-order valence-corrected chi connectivity index (χ4v) is 2.44. The van der Waals surface area contributed by atoms with Gasteiger partial charge in [-0.2, -0.15) is 0 Å². The summed E-state index contributed by atoms with van der Waals surface area (Å²) in [5, 5.41) is 30.7. The fraction of sp³-hybridized carbons (Fsp3) is 0.571. The number of hydrogen-bond donors (Lipinski definition) is 2. The number of aliphatic hydroxyl groups is 2. The van der Waals surface area contributed by atoms with Gasteiger partial charge in [-0.15, -0.1) is 0 Å². The molecule has 0 bridgehead atoms. The lowest BCUT2D eigenvalue weighted by atomic mass is 9.93. The number of hydrogen-bond acceptors (Lipinski definition) is 5. The third-order valence-corrected chi connectivity index (χ3v) is 3.86. The van der Waals surface area contributed by atoms with Crippen LogP contribution < -0.4 is 4.90 Å². The highest BCUT2D eigenvalue weighted by atomic mass is 16.6. The van der Waals surface area contributed by atoms with Gasteiger partial charge in [0.1, 0.15) is 5.69 Å². The van der Waals surface area contributed by atoms with Gasteiger partial charge in [0.05, 0.1) is 16.6 Å². The molecule has 1 aromatic rings. The second kappa shape index (κ2) is 5.38. The highest BCUT2D eigenvalue weighted by Crippen LogP contribution is 2.34. The Balaban J connectivity index is 2.30. The van der Waals surface area contributed by atoms with Crippen molar-refractivity contribution in [2.24, 2.45) is 0 Å². The van der Waals surface area contributed by atoms with Crippen molar-refractivity contribution in [1.82, 2.24) is 0 Å². The van der Waals surface area contributed by atoms with Crippen molar-refractivity contribution in [2.75, 3.05) is 18.0 Å². The maximum Gasteiger partial charge on any atom is 0.292 e. The summed E-state index contributed by atoms with van der Waals surface area (Å²) in [5.74, 6) is 0. The summed E-state index contributed by atoms with van der Waals surface area (Å²) in [6, 6.07) is 4.81. The van der Waals surface area contributed by atoms with Gasteiger partial charge in [0, 0.05) is 19.2 Å². The number of anilines is 1. The molecular formula is C14H20N2O4. The van der Waals surface area contributed by atoms with E-state index in [0.717, 1.165) is 0 Å². The van der Waals surface area contributed by atoms with Crippen LogP contribution in [0.4, 0.5) is 11.4 Å². The van der Waals surface area contributed by atoms with Crippen LogP contribution in [0.25, 0.3) is 0 Å². The zero-order valence-corrected chi connectivity index (χ0v) is 11.7. The Bertz CT molecular complexity index is 504. The predicted octanol–water partition coefficient (Wildman–Crippen LogP) is 2.00. The van der Waals surface area contributed by atoms with Gasteiger partial charge in [-0.05, 0) is 38.3 Å². The molecule has 110 valence electrons. The first-order valence-electron chi connectivity index (χ1n) is 6.74. The van der Waals surface area contributed by atoms with Gasteiger partial charge in [-0.1, -0.05) is 6.07 Å². The van der Waals surface area contributed by atoms with Crippen molar-refractivity contribution in [2.45, 2.75) is 38.4 Å². The van der Waals surface area contributed by atoms with E-state index in [1.807, 2.05) is 4.90 Å². The molecular weight excluding hydrogens is 260 g/mol. The molecule has 2 rings (SSSR count). The molecule has 0 radical (unpaired) electrons. The molecule has 6 nitrogen and oxygen atoms in total. The standard InChI is InChI=1S/C14H20N2O4/c1-10(17)11-3-4-12(13(9-11)16(19)20)15-7-5-14(2,18)6-8-15/h3-4,9-10,17-18H,5-8H2,1-2H3. The largest absolute Gasteiger partial charge is 0.390 e. The monoisotopic (exact) mass is 280 g/mol. The first-order valence-corrected chi connectivity index (χ1v) is 6.74. The fourth-order valence-electron chi connectivity index (χ4n) is 2.44. The second-order valence-corrected chi connectivity index (χ2v) is 5.67. The van der Waals surface area contributed by atoms with Crippen molar-refractivity contribution < 1.29 is 15.1 Å². The third kappa shape index (κ3) is 3.08. The zero-order valence-electron chi connectivity index (χ0n) is 11.7. The third-order valence-electron chi connectivity index (χ3n) is 3.86. The molecule has 0 amide bonds. The number of rotatable bonds is 3. The van der Waals surface area contributed by atoms with E-state index in [9.17, 15) is 20.3 Å². The molecule has 2 N–H and O–H groups in total. The maximum absolute atomic E-state index is 11.2. The van der Waals surface area contributed by atoms with Crippen LogP contribution >= 0.6 is 0 Å². The Morgan fingerprint density at radius 3 is 2.50 bits per heavy atom. The molecule has 6 heteroatoms. The van der Waals surface area contributed by atoms with Gasteiger partial charge < -0.3 is 15.1 Å². The van der Waals surface area contributed by atoms with Gasteiger partial charge in [0.15, 0.2) is 0 Å². The lowest BCUT2D eigenvalue weighted by Gasteiger charge is -2.36. The second-order valence-electron chi connectivity index (χ2n) is 5.67. The van der Waals surface area contributed by atoms with Crippen LogP contribution in [0.2, 0.25) is 0 Å². The molecule has 0 saturated carbocycles. The van der Waals surface area contributed by atoms with Gasteiger partial charge in [-0.25, -0.2) is 0 Å². The quantitative estimate of drug-likeness (QED) is 0.653. The molecule has 0 spiro atoms. The number of nitrogens with zero attached hydrogens (tertiary/aromatic N) is 2. The number of benzene rings is 1. The van der Waals surface area contributed by atoms with Crippen LogP contribution in [-0.2, 0) is 0 Å². The van der Waals surface area contributed by atoms with Crippen LogP contribution in [0.15, 0.2) is 18.2 Å². The molecule has 1 atom stereocenters. The highest BCUT2D eigenvalue weighted by Gasteiger charge is 2.30. The summed E-state index contributed by atoms with van der Waals surface area (Å²) in [4.78, 5) is 12.7. The maximum atomic E-state index is 11.2. The van der Waals surface area contributed by atoms with E-state index >= 15 is 0 Å². The molecule has 1 aliphatic rings. The van der Waals surface area contributed by atoms with E-state index in [1.54, 1.807) is 26.0 Å². The van der Waals surface area contributed by atoms with E-state index in [0.29, 0.717) is 37.2 Å². The molecule has 1 fully saturated rings. The van der Waals surface area contributed by atoms with Crippen LogP contribution in [0.1, 0.15) is 38.4 Å². The Kier molecular flexibility index (Phi) is 3.96. The molecule has 1 saturated heterocycles. The molecule has 0 aromatic heterocycles. The Morgan fingerprint density at radius 2 is 2.00 bits per heavy atom. The van der Waals surface area contributed by atoms with Gasteiger partial charge in [-0.3, -0.25) is 10.1 Å². The normalized spacial score (nSPS) is 19.7. The predicted molar refractivity (Wildman–Crippen MR) is 75.8 cm³/mol. The Labute approximate surface area is 117 Å². The van der Waals surface area contributed by atoms with Crippen molar-refractivity contribution in [3.8, 4) is 0 Å². The van der Waals surface area contributed by atoms with Crippen LogP contribution in [0.3, 0.4) is 0 Å². The lowest BCUT2D eigenvalue weighted by Crippen LogP contribution is -2.42. The zero-order chi connectivity index (χ0) is 14.9. The summed E-state index contributed by atoms with van der Waals surface area (Å²) in [5.41, 5.74) is 0.398. The molecule has 1 unspecified atom stereocenters. The van der Waals surface area contributed by atoms with E-state index < -0.39 is 16.6 Å². The molecule has 0 aliphatic carbocycles. The molecule has 1 aliphatic heterocycles. The minimum absolute atomic E-state index is 0.00458. The number of nitro benzene ring substituents is 1. The van der Waals surface area contributed by atoms with Crippen LogP contribution in [0, 0.1) is 10.1 Å². The van der Waals surface area contributed by atoms with E-state index in [4.69, 9.17) is 0 Å². The van der Waals surface area contributed by atoms with E-state index in [1.165, 1.54) is 6.07 Å². The van der Waals surface area contributed by atoms with E-state index in [-0.39, 0.29) is 5.69 Å². The summed E-state index contributed by atoms with van der Waals surface area (Å²) >= 11 is 0. The first kappa shape index (κ1) is 14.7. The minimum atomic E-state index is -0.732. The Morgan fingerprint density at radius 1 is 1.40 bits per heavy atom. The summed E-state index contributed by atoms with van der Waals surface area (Å²) < 4.78 is 0. The van der Waals surface area contributed by atoms with E-state index in [2.05, 4.69) is 0 Å². The van der Waals surface area contributed by atoms with Crippen molar-refractivity contribution >= 4 is 11.4 Å². The SMILES string of the molecule is CC(O)c1ccc(N2CCC(C)(O)CC2)c([N+](=O)[O-])c1. The number of piperidine rings is 1. The average Bonchev–Trinajstić information content (AvgIpc) is 2.38.